The van der Waals surface area contributed by atoms with E-state index in [4.69, 9.17) is 0 Å². The molecule has 0 aliphatic heterocycles. The summed E-state index contributed by atoms with van der Waals surface area (Å²) in [5, 5.41) is 13.8. The largest absolute Gasteiger partial charge is 0.326 e. The van der Waals surface area contributed by atoms with E-state index < -0.39 is 0 Å². The molecule has 0 unspecified atom stereocenters. The van der Waals surface area contributed by atoms with Crippen LogP contribution in [0, 0.1) is 5.82 Å². The minimum absolute atomic E-state index is 0.132. The molecule has 0 radical (unpaired) electrons. The van der Waals surface area contributed by atoms with Crippen LogP contribution in [-0.4, -0.2) is 31.9 Å². The number of amides is 1. The maximum Gasteiger partial charge on any atom is 0.225 e. The lowest BCUT2D eigenvalue weighted by atomic mass is 10.2. The zero-order valence-corrected chi connectivity index (χ0v) is 13.4. The van der Waals surface area contributed by atoms with Gasteiger partial charge in [0.15, 0.2) is 0 Å². The number of thioether (sulfide) groups is 1. The van der Waals surface area contributed by atoms with Crippen LogP contribution in [0.2, 0.25) is 0 Å². The standard InChI is InChI=1S/C16H14FN5OS/c17-14-6-1-2-7-15(14)24-9-8-16(23)19-12-4-3-5-13(10-12)22-11-18-20-21-22/h1-7,10-11H,8-9H2,(H,19,23). The summed E-state index contributed by atoms with van der Waals surface area (Å²) >= 11 is 1.32. The fraction of sp³-hybridized carbons (Fsp3) is 0.125. The number of aromatic nitrogens is 4. The SMILES string of the molecule is O=C(CCSc1ccccc1F)Nc1cccc(-n2cnnn2)c1. The second-order valence-electron chi connectivity index (χ2n) is 4.88. The summed E-state index contributed by atoms with van der Waals surface area (Å²) in [6.07, 6.45) is 1.76. The molecule has 0 saturated carbocycles. The van der Waals surface area contributed by atoms with Crippen molar-refractivity contribution in [2.75, 3.05) is 11.1 Å². The quantitative estimate of drug-likeness (QED) is 0.697. The van der Waals surface area contributed by atoms with Crippen molar-refractivity contribution in [2.24, 2.45) is 0 Å². The first-order valence-electron chi connectivity index (χ1n) is 7.23. The first-order valence-corrected chi connectivity index (χ1v) is 8.21. The summed E-state index contributed by atoms with van der Waals surface area (Å²) in [7, 11) is 0. The van der Waals surface area contributed by atoms with Gasteiger partial charge in [0.25, 0.3) is 0 Å². The average molecular weight is 343 g/mol. The van der Waals surface area contributed by atoms with Crippen LogP contribution in [0.15, 0.2) is 59.8 Å². The number of rotatable bonds is 6. The number of nitrogens with zero attached hydrogens (tertiary/aromatic N) is 4. The zero-order valence-electron chi connectivity index (χ0n) is 12.6. The molecule has 0 aliphatic rings. The van der Waals surface area contributed by atoms with Gasteiger partial charge in [-0.15, -0.1) is 16.9 Å². The van der Waals surface area contributed by atoms with Crippen LogP contribution < -0.4 is 5.32 Å². The summed E-state index contributed by atoms with van der Waals surface area (Å²) in [4.78, 5) is 12.6. The molecule has 1 heterocycles. The topological polar surface area (TPSA) is 72.7 Å². The van der Waals surface area contributed by atoms with E-state index in [9.17, 15) is 9.18 Å². The third-order valence-corrected chi connectivity index (χ3v) is 4.22. The first-order chi connectivity index (χ1) is 11.7. The molecular formula is C16H14FN5OS. The molecule has 0 bridgehead atoms. The van der Waals surface area contributed by atoms with Gasteiger partial charge in [0.05, 0.1) is 5.69 Å². The monoisotopic (exact) mass is 343 g/mol. The van der Waals surface area contributed by atoms with Gasteiger partial charge in [-0.25, -0.2) is 9.07 Å². The van der Waals surface area contributed by atoms with Crippen molar-refractivity contribution in [3.63, 3.8) is 0 Å². The highest BCUT2D eigenvalue weighted by Gasteiger charge is 2.06. The Hall–Kier alpha value is -2.74. The molecule has 0 aliphatic carbocycles. The Kier molecular flexibility index (Phi) is 5.17. The van der Waals surface area contributed by atoms with Gasteiger partial charge in [0, 0.05) is 22.8 Å². The minimum Gasteiger partial charge on any atom is -0.326 e. The predicted octanol–water partition coefficient (Wildman–Crippen LogP) is 2.92. The number of benzene rings is 2. The molecule has 8 heteroatoms. The number of carbonyl (C=O) groups excluding carboxylic acids is 1. The Morgan fingerprint density at radius 1 is 1.21 bits per heavy atom. The normalized spacial score (nSPS) is 10.5. The van der Waals surface area contributed by atoms with Crippen molar-refractivity contribution >= 4 is 23.4 Å². The van der Waals surface area contributed by atoms with Crippen molar-refractivity contribution in [2.45, 2.75) is 11.3 Å². The molecule has 3 rings (SSSR count). The highest BCUT2D eigenvalue weighted by atomic mass is 32.2. The zero-order chi connectivity index (χ0) is 16.8. The van der Waals surface area contributed by atoms with E-state index in [0.29, 0.717) is 16.3 Å². The number of hydrogen-bond donors (Lipinski definition) is 1. The number of nitrogens with one attached hydrogen (secondary N) is 1. The molecular weight excluding hydrogens is 329 g/mol. The Balaban J connectivity index is 1.54. The van der Waals surface area contributed by atoms with Crippen LogP contribution in [0.5, 0.6) is 0 Å². The Bertz CT molecular complexity index is 825. The molecule has 0 saturated heterocycles. The van der Waals surface area contributed by atoms with Crippen molar-refractivity contribution in [1.82, 2.24) is 20.2 Å². The highest BCUT2D eigenvalue weighted by Crippen LogP contribution is 2.22. The Morgan fingerprint density at radius 3 is 2.88 bits per heavy atom. The number of hydrogen-bond acceptors (Lipinski definition) is 5. The van der Waals surface area contributed by atoms with Gasteiger partial charge in [-0.2, -0.15) is 0 Å². The fourth-order valence-electron chi connectivity index (χ4n) is 2.04. The summed E-state index contributed by atoms with van der Waals surface area (Å²) in [6.45, 7) is 0. The molecule has 122 valence electrons. The van der Waals surface area contributed by atoms with Crippen LogP contribution >= 0.6 is 11.8 Å². The minimum atomic E-state index is -0.267. The van der Waals surface area contributed by atoms with E-state index in [1.807, 2.05) is 6.07 Å². The molecule has 0 spiro atoms. The molecule has 1 amide bonds. The maximum absolute atomic E-state index is 13.5. The second kappa shape index (κ2) is 7.69. The van der Waals surface area contributed by atoms with Crippen molar-refractivity contribution < 1.29 is 9.18 Å². The second-order valence-corrected chi connectivity index (χ2v) is 6.02. The van der Waals surface area contributed by atoms with Gasteiger partial charge >= 0.3 is 0 Å². The van der Waals surface area contributed by atoms with Gasteiger partial charge in [-0.1, -0.05) is 18.2 Å². The van der Waals surface area contributed by atoms with Gasteiger partial charge in [-0.05, 0) is 40.8 Å². The van der Waals surface area contributed by atoms with E-state index in [2.05, 4.69) is 20.8 Å². The van der Waals surface area contributed by atoms with Gasteiger partial charge in [0.2, 0.25) is 5.91 Å². The predicted molar refractivity (Wildman–Crippen MR) is 89.5 cm³/mol. The van der Waals surface area contributed by atoms with E-state index in [1.165, 1.54) is 28.8 Å². The van der Waals surface area contributed by atoms with Crippen molar-refractivity contribution in [3.8, 4) is 5.69 Å². The molecule has 24 heavy (non-hydrogen) atoms. The molecule has 2 aromatic carbocycles. The van der Waals surface area contributed by atoms with Gasteiger partial charge < -0.3 is 5.32 Å². The fourth-order valence-corrected chi connectivity index (χ4v) is 2.93. The van der Waals surface area contributed by atoms with E-state index in [1.54, 1.807) is 36.4 Å². The molecule has 3 aromatic rings. The molecule has 1 N–H and O–H groups in total. The number of halogens is 1. The summed E-state index contributed by atoms with van der Waals surface area (Å²) in [5.74, 6) is 0.101. The molecule has 0 fully saturated rings. The molecule has 0 atom stereocenters. The Morgan fingerprint density at radius 2 is 2.08 bits per heavy atom. The number of carbonyl (C=O) groups is 1. The van der Waals surface area contributed by atoms with Crippen molar-refractivity contribution in [1.29, 1.82) is 0 Å². The maximum atomic E-state index is 13.5. The lowest BCUT2D eigenvalue weighted by molar-refractivity contribution is -0.115. The van der Waals surface area contributed by atoms with Gasteiger partial charge in [-0.3, -0.25) is 4.79 Å². The smallest absolute Gasteiger partial charge is 0.225 e. The third-order valence-electron chi connectivity index (χ3n) is 3.17. The lowest BCUT2D eigenvalue weighted by Crippen LogP contribution is -2.12. The molecule has 1 aromatic heterocycles. The lowest BCUT2D eigenvalue weighted by Gasteiger charge is -2.07. The van der Waals surface area contributed by atoms with Crippen LogP contribution in [0.4, 0.5) is 10.1 Å². The van der Waals surface area contributed by atoms with Crippen LogP contribution in [0.25, 0.3) is 5.69 Å². The van der Waals surface area contributed by atoms with E-state index >= 15 is 0 Å². The number of anilines is 1. The summed E-state index contributed by atoms with van der Waals surface area (Å²) < 4.78 is 15.0. The average Bonchev–Trinajstić information content (AvgIpc) is 3.11. The van der Waals surface area contributed by atoms with Crippen LogP contribution in [-0.2, 0) is 4.79 Å². The number of tetrazole rings is 1. The van der Waals surface area contributed by atoms with Crippen LogP contribution in [0.3, 0.4) is 0 Å². The van der Waals surface area contributed by atoms with Crippen LogP contribution in [0.1, 0.15) is 6.42 Å². The van der Waals surface area contributed by atoms with Crippen molar-refractivity contribution in [3.05, 3.63) is 60.7 Å². The third kappa shape index (κ3) is 4.17. The first kappa shape index (κ1) is 16.1. The molecule has 6 nitrogen and oxygen atoms in total. The highest BCUT2D eigenvalue weighted by molar-refractivity contribution is 7.99. The summed E-state index contributed by atoms with van der Waals surface area (Å²) in [6, 6.07) is 13.7. The van der Waals surface area contributed by atoms with E-state index in [0.717, 1.165) is 5.69 Å². The van der Waals surface area contributed by atoms with E-state index in [-0.39, 0.29) is 18.1 Å². The summed E-state index contributed by atoms with van der Waals surface area (Å²) in [5.41, 5.74) is 1.41. The Labute approximate surface area is 142 Å². The van der Waals surface area contributed by atoms with Gasteiger partial charge in [0.1, 0.15) is 12.1 Å².